The summed E-state index contributed by atoms with van der Waals surface area (Å²) in [4.78, 5) is 2.47. The van der Waals surface area contributed by atoms with Gasteiger partial charge in [0.15, 0.2) is 0 Å². The van der Waals surface area contributed by atoms with E-state index >= 15 is 0 Å². The van der Waals surface area contributed by atoms with Gasteiger partial charge in [0.25, 0.3) is 0 Å². The molecule has 1 saturated heterocycles. The van der Waals surface area contributed by atoms with Crippen LogP contribution in [0.4, 0.5) is 0 Å². The van der Waals surface area contributed by atoms with Crippen LogP contribution in [0.15, 0.2) is 30.3 Å². The van der Waals surface area contributed by atoms with E-state index in [-0.39, 0.29) is 5.92 Å². The Morgan fingerprint density at radius 2 is 1.94 bits per heavy atom. The van der Waals surface area contributed by atoms with E-state index in [9.17, 15) is 5.26 Å². The molecule has 2 nitrogen and oxygen atoms in total. The van der Waals surface area contributed by atoms with E-state index < -0.39 is 0 Å². The van der Waals surface area contributed by atoms with Crippen molar-refractivity contribution < 1.29 is 0 Å². The van der Waals surface area contributed by atoms with Crippen LogP contribution in [0.25, 0.3) is 0 Å². The second-order valence-corrected chi connectivity index (χ2v) is 4.79. The van der Waals surface area contributed by atoms with Crippen LogP contribution >= 0.6 is 0 Å². The van der Waals surface area contributed by atoms with Gasteiger partial charge in [-0.25, -0.2) is 0 Å². The Hall–Kier alpha value is -1.33. The lowest BCUT2D eigenvalue weighted by Crippen LogP contribution is -2.35. The van der Waals surface area contributed by atoms with E-state index in [2.05, 4.69) is 30.0 Å². The lowest BCUT2D eigenvalue weighted by atomic mass is 9.81. The SMILES string of the molecule is CCN1CCC(C(C#N)c2ccccc2)CC1. The van der Waals surface area contributed by atoms with Gasteiger partial charge >= 0.3 is 0 Å². The molecule has 1 aliphatic rings. The summed E-state index contributed by atoms with van der Waals surface area (Å²) < 4.78 is 0. The van der Waals surface area contributed by atoms with E-state index in [4.69, 9.17) is 0 Å². The highest BCUT2D eigenvalue weighted by Gasteiger charge is 2.26. The second kappa shape index (κ2) is 5.84. The average Bonchev–Trinajstić information content (AvgIpc) is 2.42. The highest BCUT2D eigenvalue weighted by Crippen LogP contribution is 2.31. The lowest BCUT2D eigenvalue weighted by Gasteiger charge is -2.33. The Kier molecular flexibility index (Phi) is 4.17. The molecule has 1 aliphatic heterocycles. The summed E-state index contributed by atoms with van der Waals surface area (Å²) in [6, 6.07) is 12.7. The van der Waals surface area contributed by atoms with Gasteiger partial charge in [-0.15, -0.1) is 0 Å². The zero-order chi connectivity index (χ0) is 12.1. The van der Waals surface area contributed by atoms with Crippen LogP contribution in [0.5, 0.6) is 0 Å². The molecular formula is C15H20N2. The molecule has 0 bridgehead atoms. The summed E-state index contributed by atoms with van der Waals surface area (Å²) in [6.07, 6.45) is 2.31. The van der Waals surface area contributed by atoms with Crippen LogP contribution in [0, 0.1) is 17.2 Å². The molecule has 2 heteroatoms. The van der Waals surface area contributed by atoms with Crippen molar-refractivity contribution in [1.82, 2.24) is 4.90 Å². The van der Waals surface area contributed by atoms with Gasteiger partial charge in [-0.2, -0.15) is 5.26 Å². The first-order valence-corrected chi connectivity index (χ1v) is 6.52. The number of benzene rings is 1. The molecular weight excluding hydrogens is 208 g/mol. The molecule has 1 heterocycles. The fraction of sp³-hybridized carbons (Fsp3) is 0.533. The van der Waals surface area contributed by atoms with Gasteiger partial charge in [0, 0.05) is 0 Å². The normalized spacial score (nSPS) is 19.8. The van der Waals surface area contributed by atoms with Gasteiger partial charge < -0.3 is 4.90 Å². The van der Waals surface area contributed by atoms with Crippen molar-refractivity contribution in [3.63, 3.8) is 0 Å². The second-order valence-electron chi connectivity index (χ2n) is 4.79. The van der Waals surface area contributed by atoms with E-state index in [0.29, 0.717) is 5.92 Å². The third-order valence-corrected chi connectivity index (χ3v) is 3.85. The molecule has 0 spiro atoms. The fourth-order valence-corrected chi connectivity index (χ4v) is 2.71. The Morgan fingerprint density at radius 1 is 1.29 bits per heavy atom. The van der Waals surface area contributed by atoms with Gasteiger partial charge in [-0.3, -0.25) is 0 Å². The van der Waals surface area contributed by atoms with E-state index in [1.807, 2.05) is 18.2 Å². The molecule has 0 N–H and O–H groups in total. The largest absolute Gasteiger partial charge is 0.304 e. The summed E-state index contributed by atoms with van der Waals surface area (Å²) in [6.45, 7) is 5.63. The monoisotopic (exact) mass is 228 g/mol. The van der Waals surface area contributed by atoms with Gasteiger partial charge in [0.05, 0.1) is 12.0 Å². The van der Waals surface area contributed by atoms with Crippen molar-refractivity contribution >= 4 is 0 Å². The standard InChI is InChI=1S/C15H20N2/c1-2-17-10-8-14(9-11-17)15(12-16)13-6-4-3-5-7-13/h3-7,14-15H,2,8-11H2,1H3. The minimum atomic E-state index is 0.0789. The van der Waals surface area contributed by atoms with Crippen molar-refractivity contribution in [2.75, 3.05) is 19.6 Å². The zero-order valence-electron chi connectivity index (χ0n) is 10.5. The highest BCUT2D eigenvalue weighted by molar-refractivity contribution is 5.25. The maximum atomic E-state index is 9.39. The number of rotatable bonds is 3. The molecule has 1 fully saturated rings. The third kappa shape index (κ3) is 2.87. The number of hydrogen-bond acceptors (Lipinski definition) is 2. The van der Waals surface area contributed by atoms with Crippen LogP contribution in [-0.4, -0.2) is 24.5 Å². The van der Waals surface area contributed by atoms with Crippen LogP contribution in [-0.2, 0) is 0 Å². The molecule has 0 aromatic heterocycles. The number of hydrogen-bond donors (Lipinski definition) is 0. The number of nitrogens with zero attached hydrogens (tertiary/aromatic N) is 2. The predicted molar refractivity (Wildman–Crippen MR) is 69.6 cm³/mol. The van der Waals surface area contributed by atoms with Gasteiger partial charge in [0.1, 0.15) is 0 Å². The maximum absolute atomic E-state index is 9.39. The quantitative estimate of drug-likeness (QED) is 0.795. The molecule has 17 heavy (non-hydrogen) atoms. The molecule has 1 atom stereocenters. The summed E-state index contributed by atoms with van der Waals surface area (Å²) >= 11 is 0. The topological polar surface area (TPSA) is 27.0 Å². The Morgan fingerprint density at radius 3 is 2.47 bits per heavy atom. The molecule has 0 amide bonds. The Bertz CT molecular complexity index is 372. The zero-order valence-corrected chi connectivity index (χ0v) is 10.5. The Balaban J connectivity index is 2.04. The molecule has 1 aromatic rings. The molecule has 1 aromatic carbocycles. The minimum Gasteiger partial charge on any atom is -0.304 e. The van der Waals surface area contributed by atoms with Crippen molar-refractivity contribution in [3.8, 4) is 6.07 Å². The van der Waals surface area contributed by atoms with Crippen molar-refractivity contribution in [2.24, 2.45) is 5.92 Å². The first kappa shape index (κ1) is 12.1. The molecule has 90 valence electrons. The molecule has 0 aliphatic carbocycles. The van der Waals surface area contributed by atoms with E-state index in [0.717, 1.165) is 32.5 Å². The van der Waals surface area contributed by atoms with Crippen LogP contribution in [0.2, 0.25) is 0 Å². The maximum Gasteiger partial charge on any atom is 0.0741 e. The van der Waals surface area contributed by atoms with Crippen LogP contribution < -0.4 is 0 Å². The van der Waals surface area contributed by atoms with Gasteiger partial charge in [-0.05, 0) is 44.0 Å². The molecule has 1 unspecified atom stereocenters. The van der Waals surface area contributed by atoms with Crippen LogP contribution in [0.3, 0.4) is 0 Å². The smallest absolute Gasteiger partial charge is 0.0741 e. The Labute approximate surface area is 104 Å². The lowest BCUT2D eigenvalue weighted by molar-refractivity contribution is 0.185. The van der Waals surface area contributed by atoms with Crippen LogP contribution in [0.1, 0.15) is 31.2 Å². The summed E-state index contributed by atoms with van der Waals surface area (Å²) in [7, 11) is 0. The molecule has 2 rings (SSSR count). The first-order chi connectivity index (χ1) is 8.35. The summed E-state index contributed by atoms with van der Waals surface area (Å²) in [5.74, 6) is 0.611. The van der Waals surface area contributed by atoms with Crippen molar-refractivity contribution in [2.45, 2.75) is 25.7 Å². The molecule has 0 radical (unpaired) electrons. The third-order valence-electron chi connectivity index (χ3n) is 3.85. The molecule has 0 saturated carbocycles. The number of likely N-dealkylation sites (tertiary alicyclic amines) is 1. The number of piperidine rings is 1. The van der Waals surface area contributed by atoms with E-state index in [1.165, 1.54) is 5.56 Å². The van der Waals surface area contributed by atoms with Crippen molar-refractivity contribution in [3.05, 3.63) is 35.9 Å². The van der Waals surface area contributed by atoms with Gasteiger partial charge in [-0.1, -0.05) is 37.3 Å². The van der Waals surface area contributed by atoms with E-state index in [1.54, 1.807) is 0 Å². The average molecular weight is 228 g/mol. The summed E-state index contributed by atoms with van der Waals surface area (Å²) in [5, 5.41) is 9.39. The minimum absolute atomic E-state index is 0.0789. The summed E-state index contributed by atoms with van der Waals surface area (Å²) in [5.41, 5.74) is 1.19. The first-order valence-electron chi connectivity index (χ1n) is 6.52. The van der Waals surface area contributed by atoms with Crippen molar-refractivity contribution in [1.29, 1.82) is 5.26 Å². The fourth-order valence-electron chi connectivity index (χ4n) is 2.71. The highest BCUT2D eigenvalue weighted by atomic mass is 15.1. The van der Waals surface area contributed by atoms with Gasteiger partial charge in [0.2, 0.25) is 0 Å². The predicted octanol–water partition coefficient (Wildman–Crippen LogP) is 3.03. The number of nitriles is 1.